The average molecular weight is 277 g/mol. The highest BCUT2D eigenvalue weighted by Gasteiger charge is 2.14. The monoisotopic (exact) mass is 277 g/mol. The van der Waals surface area contributed by atoms with Crippen LogP contribution in [0, 0.1) is 6.92 Å². The molecule has 2 aromatic rings. The highest BCUT2D eigenvalue weighted by molar-refractivity contribution is 5.38. The van der Waals surface area contributed by atoms with Gasteiger partial charge in [0.1, 0.15) is 5.75 Å². The normalized spacial score (nSPS) is 12.4. The third-order valence-corrected chi connectivity index (χ3v) is 3.23. The maximum Gasteiger partial charge on any atom is 0.387 e. The summed E-state index contributed by atoms with van der Waals surface area (Å²) in [4.78, 5) is 0. The fourth-order valence-electron chi connectivity index (χ4n) is 2.25. The number of alkyl halides is 2. The average Bonchev–Trinajstić information content (AvgIpc) is 2.43. The number of ether oxygens (including phenoxy) is 1. The third kappa shape index (κ3) is 3.33. The lowest BCUT2D eigenvalue weighted by molar-refractivity contribution is -0.0498. The highest BCUT2D eigenvalue weighted by Crippen LogP contribution is 2.26. The van der Waals surface area contributed by atoms with Crippen LogP contribution < -0.4 is 10.1 Å². The zero-order valence-corrected chi connectivity index (χ0v) is 11.4. The molecular weight excluding hydrogens is 260 g/mol. The molecule has 2 nitrogen and oxygen atoms in total. The molecule has 0 aromatic heterocycles. The first kappa shape index (κ1) is 14.5. The summed E-state index contributed by atoms with van der Waals surface area (Å²) in [6, 6.07) is 14.8. The minimum absolute atomic E-state index is 0.0248. The van der Waals surface area contributed by atoms with Crippen molar-refractivity contribution >= 4 is 0 Å². The molecule has 106 valence electrons. The summed E-state index contributed by atoms with van der Waals surface area (Å²) in [6.07, 6.45) is 0. The molecule has 0 aliphatic rings. The number of halogens is 2. The smallest absolute Gasteiger partial charge is 0.387 e. The van der Waals surface area contributed by atoms with E-state index in [-0.39, 0.29) is 11.8 Å². The first-order valence-electron chi connectivity index (χ1n) is 6.39. The van der Waals surface area contributed by atoms with Crippen molar-refractivity contribution in [3.63, 3.8) is 0 Å². The predicted molar refractivity (Wildman–Crippen MR) is 75.2 cm³/mol. The Morgan fingerprint density at radius 2 is 1.65 bits per heavy atom. The van der Waals surface area contributed by atoms with Crippen molar-refractivity contribution in [1.82, 2.24) is 5.32 Å². The Labute approximate surface area is 117 Å². The number of aryl methyl sites for hydroxylation is 1. The molecule has 4 heteroatoms. The molecule has 0 amide bonds. The molecular formula is C16H17F2NO. The van der Waals surface area contributed by atoms with Gasteiger partial charge < -0.3 is 10.1 Å². The van der Waals surface area contributed by atoms with Crippen LogP contribution in [0.25, 0.3) is 0 Å². The van der Waals surface area contributed by atoms with E-state index < -0.39 is 6.61 Å². The molecule has 20 heavy (non-hydrogen) atoms. The van der Waals surface area contributed by atoms with Crippen LogP contribution in [0.1, 0.15) is 22.7 Å². The van der Waals surface area contributed by atoms with Crippen molar-refractivity contribution in [1.29, 1.82) is 0 Å². The first-order chi connectivity index (χ1) is 9.61. The largest absolute Gasteiger partial charge is 0.435 e. The van der Waals surface area contributed by atoms with Crippen LogP contribution in [0.5, 0.6) is 5.75 Å². The predicted octanol–water partition coefficient (Wildman–Crippen LogP) is 3.91. The lowest BCUT2D eigenvalue weighted by Gasteiger charge is -2.19. The summed E-state index contributed by atoms with van der Waals surface area (Å²) >= 11 is 0. The van der Waals surface area contributed by atoms with Crippen LogP contribution in [0.15, 0.2) is 48.5 Å². The van der Waals surface area contributed by atoms with E-state index in [1.807, 2.05) is 32.2 Å². The summed E-state index contributed by atoms with van der Waals surface area (Å²) in [5.41, 5.74) is 3.35. The van der Waals surface area contributed by atoms with Crippen LogP contribution in [0.3, 0.4) is 0 Å². The van der Waals surface area contributed by atoms with Gasteiger partial charge in [-0.15, -0.1) is 0 Å². The Bertz CT molecular complexity index is 555. The van der Waals surface area contributed by atoms with Crippen LogP contribution >= 0.6 is 0 Å². The lowest BCUT2D eigenvalue weighted by atomic mass is 9.95. The number of hydrogen-bond donors (Lipinski definition) is 1. The summed E-state index contributed by atoms with van der Waals surface area (Å²) in [6.45, 7) is -0.745. The number of benzene rings is 2. The molecule has 0 heterocycles. The van der Waals surface area contributed by atoms with E-state index in [9.17, 15) is 8.78 Å². The number of nitrogens with one attached hydrogen (secondary N) is 1. The Kier molecular flexibility index (Phi) is 4.69. The fraction of sp³-hybridized carbons (Fsp3) is 0.250. The summed E-state index contributed by atoms with van der Waals surface area (Å²) < 4.78 is 28.6. The minimum Gasteiger partial charge on any atom is -0.435 e. The van der Waals surface area contributed by atoms with E-state index in [0.29, 0.717) is 0 Å². The second kappa shape index (κ2) is 6.48. The fourth-order valence-corrected chi connectivity index (χ4v) is 2.25. The second-order valence-corrected chi connectivity index (χ2v) is 4.53. The van der Waals surface area contributed by atoms with Gasteiger partial charge in [-0.05, 0) is 42.8 Å². The van der Waals surface area contributed by atoms with Gasteiger partial charge in [-0.1, -0.05) is 36.4 Å². The van der Waals surface area contributed by atoms with Crippen molar-refractivity contribution in [3.05, 3.63) is 65.2 Å². The molecule has 0 fully saturated rings. The Morgan fingerprint density at radius 1 is 1.00 bits per heavy atom. The van der Waals surface area contributed by atoms with Gasteiger partial charge in [0.25, 0.3) is 0 Å². The molecule has 2 aromatic carbocycles. The lowest BCUT2D eigenvalue weighted by Crippen LogP contribution is -2.18. The van der Waals surface area contributed by atoms with Crippen molar-refractivity contribution in [2.24, 2.45) is 0 Å². The Balaban J connectivity index is 2.26. The molecule has 0 radical (unpaired) electrons. The molecule has 0 saturated heterocycles. The quantitative estimate of drug-likeness (QED) is 0.894. The molecule has 0 aliphatic heterocycles. The van der Waals surface area contributed by atoms with Crippen LogP contribution in [0.4, 0.5) is 8.78 Å². The first-order valence-corrected chi connectivity index (χ1v) is 6.39. The number of rotatable bonds is 5. The van der Waals surface area contributed by atoms with Crippen molar-refractivity contribution < 1.29 is 13.5 Å². The van der Waals surface area contributed by atoms with E-state index >= 15 is 0 Å². The van der Waals surface area contributed by atoms with E-state index in [4.69, 9.17) is 0 Å². The SMILES string of the molecule is CNC(c1ccc(OC(F)F)cc1)c1ccccc1C. The Hall–Kier alpha value is -1.94. The summed E-state index contributed by atoms with van der Waals surface area (Å²) in [5, 5.41) is 3.25. The van der Waals surface area contributed by atoms with E-state index in [0.717, 1.165) is 11.1 Å². The van der Waals surface area contributed by atoms with Crippen molar-refractivity contribution in [3.8, 4) is 5.75 Å². The summed E-state index contributed by atoms with van der Waals surface area (Å²) in [7, 11) is 1.88. The molecule has 0 aliphatic carbocycles. The van der Waals surface area contributed by atoms with Gasteiger partial charge in [-0.3, -0.25) is 0 Å². The topological polar surface area (TPSA) is 21.3 Å². The maximum absolute atomic E-state index is 12.1. The Morgan fingerprint density at radius 3 is 2.20 bits per heavy atom. The molecule has 0 bridgehead atoms. The van der Waals surface area contributed by atoms with Gasteiger partial charge in [-0.25, -0.2) is 0 Å². The molecule has 0 spiro atoms. The van der Waals surface area contributed by atoms with Gasteiger partial charge in [0.15, 0.2) is 0 Å². The number of hydrogen-bond acceptors (Lipinski definition) is 2. The highest BCUT2D eigenvalue weighted by atomic mass is 19.3. The van der Waals surface area contributed by atoms with Gasteiger partial charge in [0.2, 0.25) is 0 Å². The van der Waals surface area contributed by atoms with E-state index in [2.05, 4.69) is 16.1 Å². The standard InChI is InChI=1S/C16H17F2NO/c1-11-5-3-4-6-14(11)15(19-2)12-7-9-13(10-8-12)20-16(17)18/h3-10,15-16,19H,1-2H3. The second-order valence-electron chi connectivity index (χ2n) is 4.53. The van der Waals surface area contributed by atoms with Crippen molar-refractivity contribution in [2.45, 2.75) is 19.6 Å². The van der Waals surface area contributed by atoms with Crippen LogP contribution in [0.2, 0.25) is 0 Å². The molecule has 2 rings (SSSR count). The maximum atomic E-state index is 12.1. The van der Waals surface area contributed by atoms with Gasteiger partial charge in [0, 0.05) is 0 Å². The van der Waals surface area contributed by atoms with Gasteiger partial charge >= 0.3 is 6.61 Å². The van der Waals surface area contributed by atoms with Gasteiger partial charge in [-0.2, -0.15) is 8.78 Å². The minimum atomic E-state index is -2.79. The van der Waals surface area contributed by atoms with E-state index in [1.54, 1.807) is 24.3 Å². The zero-order chi connectivity index (χ0) is 14.5. The van der Waals surface area contributed by atoms with Crippen molar-refractivity contribution in [2.75, 3.05) is 7.05 Å². The van der Waals surface area contributed by atoms with E-state index in [1.165, 1.54) is 5.56 Å². The molecule has 1 atom stereocenters. The van der Waals surface area contributed by atoms with Crippen LogP contribution in [-0.2, 0) is 0 Å². The van der Waals surface area contributed by atoms with Gasteiger partial charge in [0.05, 0.1) is 6.04 Å². The zero-order valence-electron chi connectivity index (χ0n) is 11.4. The van der Waals surface area contributed by atoms with Crippen LogP contribution in [-0.4, -0.2) is 13.7 Å². The molecule has 0 saturated carbocycles. The third-order valence-electron chi connectivity index (χ3n) is 3.23. The molecule has 1 unspecified atom stereocenters. The summed E-state index contributed by atoms with van der Waals surface area (Å²) in [5.74, 6) is 0.170. The molecule has 1 N–H and O–H groups in total.